The van der Waals surface area contributed by atoms with E-state index in [1.807, 2.05) is 6.92 Å². The lowest BCUT2D eigenvalue weighted by atomic mass is 10.1. The Morgan fingerprint density at radius 2 is 1.92 bits per heavy atom. The number of hydrogen-bond acceptors (Lipinski definition) is 5. The third-order valence-corrected chi connectivity index (χ3v) is 3.92. The molecule has 1 atom stereocenters. The van der Waals surface area contributed by atoms with E-state index in [9.17, 15) is 9.59 Å². The van der Waals surface area contributed by atoms with Crippen LogP contribution in [0.3, 0.4) is 0 Å². The summed E-state index contributed by atoms with van der Waals surface area (Å²) < 4.78 is 5.27. The quantitative estimate of drug-likeness (QED) is 0.646. The molecule has 0 unspecified atom stereocenters. The smallest absolute Gasteiger partial charge is 0.341 e. The lowest BCUT2D eigenvalue weighted by Gasteiger charge is -2.16. The molecule has 2 aromatic carbocycles. The zero-order chi connectivity index (χ0) is 19.1. The summed E-state index contributed by atoms with van der Waals surface area (Å²) in [6.07, 6.45) is -0.994. The van der Waals surface area contributed by atoms with Gasteiger partial charge in [0.25, 0.3) is 5.91 Å². The second-order valence-electron chi connectivity index (χ2n) is 5.69. The average molecular weight is 377 g/mol. The SMILES string of the molecule is Cc1ccc(Cl)cc1NC(=O)[C@H](C)OC(=O)c1ccccc1NCCO. The van der Waals surface area contributed by atoms with Gasteiger partial charge in [-0.15, -0.1) is 0 Å². The summed E-state index contributed by atoms with van der Waals surface area (Å²) in [4.78, 5) is 24.7. The van der Waals surface area contributed by atoms with Crippen LogP contribution in [0.2, 0.25) is 5.02 Å². The second kappa shape index (κ2) is 9.22. The summed E-state index contributed by atoms with van der Waals surface area (Å²) in [6, 6.07) is 11.9. The van der Waals surface area contributed by atoms with Crippen molar-refractivity contribution >= 4 is 34.9 Å². The zero-order valence-electron chi connectivity index (χ0n) is 14.6. The molecule has 2 rings (SSSR count). The van der Waals surface area contributed by atoms with Crippen molar-refractivity contribution in [2.75, 3.05) is 23.8 Å². The highest BCUT2D eigenvalue weighted by atomic mass is 35.5. The molecule has 0 saturated heterocycles. The number of hydrogen-bond donors (Lipinski definition) is 3. The van der Waals surface area contributed by atoms with Crippen molar-refractivity contribution in [3.63, 3.8) is 0 Å². The van der Waals surface area contributed by atoms with E-state index in [-0.39, 0.29) is 6.61 Å². The van der Waals surface area contributed by atoms with Gasteiger partial charge in [-0.3, -0.25) is 4.79 Å². The number of benzene rings is 2. The Bertz CT molecular complexity index is 795. The summed E-state index contributed by atoms with van der Waals surface area (Å²) >= 11 is 5.94. The molecule has 0 fully saturated rings. The maximum absolute atomic E-state index is 12.4. The molecule has 0 aliphatic rings. The van der Waals surface area contributed by atoms with Gasteiger partial charge in [-0.1, -0.05) is 29.8 Å². The van der Waals surface area contributed by atoms with E-state index in [4.69, 9.17) is 21.4 Å². The van der Waals surface area contributed by atoms with Gasteiger partial charge >= 0.3 is 5.97 Å². The van der Waals surface area contributed by atoms with E-state index < -0.39 is 18.0 Å². The number of aliphatic hydroxyl groups is 1. The first-order valence-corrected chi connectivity index (χ1v) is 8.52. The van der Waals surface area contributed by atoms with Gasteiger partial charge in [-0.25, -0.2) is 4.79 Å². The van der Waals surface area contributed by atoms with Crippen LogP contribution < -0.4 is 10.6 Å². The van der Waals surface area contributed by atoms with Crippen LogP contribution in [0.5, 0.6) is 0 Å². The molecule has 7 heteroatoms. The minimum Gasteiger partial charge on any atom is -0.449 e. The number of aliphatic hydroxyl groups excluding tert-OH is 1. The standard InChI is InChI=1S/C19H21ClN2O4/c1-12-7-8-14(20)11-17(12)22-18(24)13(2)26-19(25)15-5-3-4-6-16(15)21-9-10-23/h3-8,11,13,21,23H,9-10H2,1-2H3,(H,22,24)/t13-/m0/s1. The van der Waals surface area contributed by atoms with E-state index in [2.05, 4.69) is 10.6 Å². The van der Waals surface area contributed by atoms with Gasteiger partial charge in [0.05, 0.1) is 12.2 Å². The molecule has 6 nitrogen and oxygen atoms in total. The maximum Gasteiger partial charge on any atom is 0.341 e. The van der Waals surface area contributed by atoms with Crippen molar-refractivity contribution in [1.29, 1.82) is 0 Å². The molecular formula is C19H21ClN2O4. The normalized spacial score (nSPS) is 11.5. The van der Waals surface area contributed by atoms with Crippen molar-refractivity contribution in [3.05, 3.63) is 58.6 Å². The third-order valence-electron chi connectivity index (χ3n) is 3.68. The third kappa shape index (κ3) is 5.21. The van der Waals surface area contributed by atoms with Crippen LogP contribution in [-0.2, 0) is 9.53 Å². The summed E-state index contributed by atoms with van der Waals surface area (Å²) in [7, 11) is 0. The van der Waals surface area contributed by atoms with E-state index in [0.29, 0.717) is 28.5 Å². The number of amides is 1. The van der Waals surface area contributed by atoms with Gasteiger partial charge in [0, 0.05) is 22.9 Å². The Kier molecular flexibility index (Phi) is 7.00. The van der Waals surface area contributed by atoms with Crippen LogP contribution in [0, 0.1) is 6.92 Å². The lowest BCUT2D eigenvalue weighted by molar-refractivity contribution is -0.123. The van der Waals surface area contributed by atoms with E-state index in [1.54, 1.807) is 42.5 Å². The number of ether oxygens (including phenoxy) is 1. The molecule has 0 spiro atoms. The van der Waals surface area contributed by atoms with Crippen LogP contribution in [0.25, 0.3) is 0 Å². The Labute approximate surface area is 157 Å². The van der Waals surface area contributed by atoms with Crippen LogP contribution >= 0.6 is 11.6 Å². The van der Waals surface area contributed by atoms with Crippen molar-refractivity contribution < 1.29 is 19.4 Å². The van der Waals surface area contributed by atoms with E-state index >= 15 is 0 Å². The highest BCUT2D eigenvalue weighted by Gasteiger charge is 2.21. The predicted octanol–water partition coefficient (Wildman–Crippen LogP) is 3.24. The topological polar surface area (TPSA) is 87.7 Å². The fourth-order valence-corrected chi connectivity index (χ4v) is 2.42. The molecule has 138 valence electrons. The number of halogens is 1. The van der Waals surface area contributed by atoms with Crippen molar-refractivity contribution in [3.8, 4) is 0 Å². The molecular weight excluding hydrogens is 356 g/mol. The zero-order valence-corrected chi connectivity index (χ0v) is 15.3. The Morgan fingerprint density at radius 1 is 1.19 bits per heavy atom. The van der Waals surface area contributed by atoms with Crippen LogP contribution in [0.4, 0.5) is 11.4 Å². The molecule has 2 aromatic rings. The predicted molar refractivity (Wildman–Crippen MR) is 102 cm³/mol. The summed E-state index contributed by atoms with van der Waals surface area (Å²) in [5.41, 5.74) is 2.24. The lowest BCUT2D eigenvalue weighted by Crippen LogP contribution is -2.30. The Morgan fingerprint density at radius 3 is 2.65 bits per heavy atom. The Balaban J connectivity index is 2.04. The number of aryl methyl sites for hydroxylation is 1. The molecule has 0 heterocycles. The van der Waals surface area contributed by atoms with Crippen LogP contribution in [-0.4, -0.2) is 36.2 Å². The highest BCUT2D eigenvalue weighted by molar-refractivity contribution is 6.31. The minimum atomic E-state index is -0.994. The minimum absolute atomic E-state index is 0.0683. The van der Waals surface area contributed by atoms with Crippen LogP contribution in [0.15, 0.2) is 42.5 Å². The number of anilines is 2. The van der Waals surface area contributed by atoms with Gasteiger partial charge in [-0.05, 0) is 43.7 Å². The Hall–Kier alpha value is -2.57. The van der Waals surface area contributed by atoms with Crippen LogP contribution in [0.1, 0.15) is 22.8 Å². The summed E-state index contributed by atoms with van der Waals surface area (Å²) in [5, 5.41) is 15.1. The molecule has 0 aromatic heterocycles. The molecule has 26 heavy (non-hydrogen) atoms. The molecule has 1 amide bonds. The monoisotopic (exact) mass is 376 g/mol. The largest absolute Gasteiger partial charge is 0.449 e. The van der Waals surface area contributed by atoms with Gasteiger partial charge in [-0.2, -0.15) is 0 Å². The van der Waals surface area contributed by atoms with Crippen molar-refractivity contribution in [1.82, 2.24) is 0 Å². The molecule has 0 radical (unpaired) electrons. The first-order valence-electron chi connectivity index (χ1n) is 8.14. The van der Waals surface area contributed by atoms with Crippen molar-refractivity contribution in [2.24, 2.45) is 0 Å². The summed E-state index contributed by atoms with van der Waals surface area (Å²) in [6.45, 7) is 3.57. The summed E-state index contributed by atoms with van der Waals surface area (Å²) in [5.74, 6) is -1.08. The van der Waals surface area contributed by atoms with E-state index in [1.165, 1.54) is 6.92 Å². The number of esters is 1. The number of carbonyl (C=O) groups excluding carboxylic acids is 2. The van der Waals surface area contributed by atoms with Gasteiger partial charge in [0.1, 0.15) is 0 Å². The number of nitrogens with one attached hydrogen (secondary N) is 2. The van der Waals surface area contributed by atoms with Gasteiger partial charge < -0.3 is 20.5 Å². The number of carbonyl (C=O) groups is 2. The molecule has 0 bridgehead atoms. The first kappa shape index (κ1) is 19.8. The fourth-order valence-electron chi connectivity index (χ4n) is 2.25. The fraction of sp³-hybridized carbons (Fsp3) is 0.263. The van der Waals surface area contributed by atoms with E-state index in [0.717, 1.165) is 5.56 Å². The second-order valence-corrected chi connectivity index (χ2v) is 6.13. The highest BCUT2D eigenvalue weighted by Crippen LogP contribution is 2.21. The molecule has 3 N–H and O–H groups in total. The maximum atomic E-state index is 12.4. The van der Waals surface area contributed by atoms with Crippen molar-refractivity contribution in [2.45, 2.75) is 20.0 Å². The molecule has 0 saturated carbocycles. The average Bonchev–Trinajstić information content (AvgIpc) is 2.63. The number of rotatable bonds is 7. The number of para-hydroxylation sites is 1. The molecule has 0 aliphatic carbocycles. The first-order chi connectivity index (χ1) is 12.4. The van der Waals surface area contributed by atoms with Gasteiger partial charge in [0.2, 0.25) is 0 Å². The van der Waals surface area contributed by atoms with Gasteiger partial charge in [0.15, 0.2) is 6.10 Å². The molecule has 0 aliphatic heterocycles.